The number of ether oxygens (including phenoxy) is 1. The van der Waals surface area contributed by atoms with Crippen LogP contribution in [0.25, 0.3) is 0 Å². The minimum atomic E-state index is -0.792. The number of aliphatic hydroxyl groups excluding tert-OH is 1. The van der Waals surface area contributed by atoms with Crippen LogP contribution in [0.3, 0.4) is 0 Å². The van der Waals surface area contributed by atoms with Gasteiger partial charge in [-0.25, -0.2) is 0 Å². The Kier molecular flexibility index (Phi) is 7.65. The number of allylic oxidation sites excluding steroid dienone is 3. The highest BCUT2D eigenvalue weighted by Gasteiger charge is 2.69. The summed E-state index contributed by atoms with van der Waals surface area (Å²) in [7, 11) is 0. The van der Waals surface area contributed by atoms with Gasteiger partial charge in [-0.2, -0.15) is 5.26 Å². The molecule has 0 aromatic carbocycles. The highest BCUT2D eigenvalue weighted by Crippen LogP contribution is 2.75. The van der Waals surface area contributed by atoms with Gasteiger partial charge in [-0.3, -0.25) is 9.59 Å². The number of ketones is 1. The summed E-state index contributed by atoms with van der Waals surface area (Å²) in [6, 6.07) is 2.31. The Balaban J connectivity index is 1.36. The van der Waals surface area contributed by atoms with Gasteiger partial charge in [-0.1, -0.05) is 60.1 Å². The summed E-state index contributed by atoms with van der Waals surface area (Å²) in [5.41, 5.74) is 0.450. The average Bonchev–Trinajstić information content (AvgIpc) is 2.96. The van der Waals surface area contributed by atoms with Gasteiger partial charge in [-0.05, 0) is 122 Å². The fraction of sp³-hybridized carbons (Fsp3) is 0.816. The van der Waals surface area contributed by atoms with Crippen molar-refractivity contribution < 1.29 is 19.4 Å². The number of piperidine rings is 1. The van der Waals surface area contributed by atoms with Gasteiger partial charge >= 0.3 is 5.97 Å². The molecule has 44 heavy (non-hydrogen) atoms. The lowest BCUT2D eigenvalue weighted by Gasteiger charge is -2.69. The summed E-state index contributed by atoms with van der Waals surface area (Å²) < 4.78 is 5.94. The Morgan fingerprint density at radius 3 is 2.39 bits per heavy atom. The van der Waals surface area contributed by atoms with Crippen LogP contribution in [0.5, 0.6) is 0 Å². The van der Waals surface area contributed by atoms with Crippen LogP contribution in [0, 0.1) is 61.6 Å². The fourth-order valence-electron chi connectivity index (χ4n) is 11.9. The molecule has 0 radical (unpaired) electrons. The first-order chi connectivity index (χ1) is 20.5. The second-order valence-corrected chi connectivity index (χ2v) is 17.8. The fourth-order valence-corrected chi connectivity index (χ4v) is 11.9. The predicted molar refractivity (Wildman–Crippen MR) is 171 cm³/mol. The molecule has 6 heteroatoms. The highest BCUT2D eigenvalue weighted by atomic mass is 16.5. The van der Waals surface area contributed by atoms with E-state index in [1.165, 1.54) is 5.57 Å². The van der Waals surface area contributed by atoms with Crippen LogP contribution in [-0.4, -0.2) is 42.2 Å². The SMILES string of the molecule is CC1(C)CCC2(CCC(=O)OC3CCNCC3)CCC3(C)C(C(=O)C=C4C5(C)C=C(C#N)C(O)C(C)(C)C5CCC43C)C2C1. The van der Waals surface area contributed by atoms with Crippen LogP contribution in [-0.2, 0) is 14.3 Å². The lowest BCUT2D eigenvalue weighted by Crippen LogP contribution is -2.65. The molecule has 8 unspecified atom stereocenters. The molecule has 1 aliphatic heterocycles. The molecule has 1 heterocycles. The molecule has 8 atom stereocenters. The van der Waals surface area contributed by atoms with Crippen LogP contribution < -0.4 is 5.32 Å². The van der Waals surface area contributed by atoms with Crippen molar-refractivity contribution in [2.24, 2.45) is 50.2 Å². The predicted octanol–water partition coefficient (Wildman–Crippen LogP) is 7.07. The zero-order valence-electron chi connectivity index (χ0n) is 28.4. The minimum Gasteiger partial charge on any atom is -0.462 e. The highest BCUT2D eigenvalue weighted by molar-refractivity contribution is 5.95. The molecule has 6 rings (SSSR count). The molecular weight excluding hydrogens is 548 g/mol. The molecule has 0 bridgehead atoms. The summed E-state index contributed by atoms with van der Waals surface area (Å²) in [5, 5.41) is 24.6. The van der Waals surface area contributed by atoms with E-state index in [1.807, 2.05) is 12.2 Å². The van der Waals surface area contributed by atoms with Crippen LogP contribution in [0.15, 0.2) is 23.3 Å². The summed E-state index contributed by atoms with van der Waals surface area (Å²) in [4.78, 5) is 27.9. The van der Waals surface area contributed by atoms with E-state index in [2.05, 4.69) is 59.9 Å². The van der Waals surface area contributed by atoms with E-state index in [0.717, 1.165) is 77.3 Å². The lowest BCUT2D eigenvalue weighted by molar-refractivity contribution is -0.175. The Hall–Kier alpha value is -1.97. The van der Waals surface area contributed by atoms with Crippen molar-refractivity contribution in [2.45, 2.75) is 131 Å². The summed E-state index contributed by atoms with van der Waals surface area (Å²) >= 11 is 0. The van der Waals surface area contributed by atoms with E-state index < -0.39 is 16.9 Å². The first-order valence-corrected chi connectivity index (χ1v) is 17.5. The quantitative estimate of drug-likeness (QED) is 0.333. The normalized spacial score (nSPS) is 44.5. The average molecular weight is 605 g/mol. The Labute approximate surface area is 265 Å². The van der Waals surface area contributed by atoms with E-state index in [4.69, 9.17) is 4.74 Å². The standard InChI is InChI=1S/C38H56N2O4/c1-33(2)14-16-38(13-9-30(42)44-25-10-18-40-19-11-25)17-15-37(7)31(26(38)22-33)27(41)20-29-35(5)21-24(23-39)32(43)34(3,4)28(35)8-12-36(29,37)6/h20-21,25-26,28,31-32,40,43H,8-19,22H2,1-7H3. The van der Waals surface area contributed by atoms with Gasteiger partial charge in [0.2, 0.25) is 0 Å². The molecule has 4 fully saturated rings. The third kappa shape index (κ3) is 4.61. The molecule has 5 aliphatic carbocycles. The largest absolute Gasteiger partial charge is 0.462 e. The van der Waals surface area contributed by atoms with Gasteiger partial charge in [0.25, 0.3) is 0 Å². The minimum absolute atomic E-state index is 0.0177. The first kappa shape index (κ1) is 32.0. The smallest absolute Gasteiger partial charge is 0.306 e. The number of hydrogen-bond donors (Lipinski definition) is 2. The third-order valence-electron chi connectivity index (χ3n) is 14.7. The van der Waals surface area contributed by atoms with Gasteiger partial charge in [0.05, 0.1) is 17.7 Å². The molecule has 3 saturated carbocycles. The zero-order chi connectivity index (χ0) is 31.9. The number of carbonyl (C=O) groups excluding carboxylic acids is 2. The van der Waals surface area contributed by atoms with Crippen molar-refractivity contribution in [3.8, 4) is 6.07 Å². The Morgan fingerprint density at radius 2 is 1.70 bits per heavy atom. The van der Waals surface area contributed by atoms with Crippen molar-refractivity contribution in [3.63, 3.8) is 0 Å². The third-order valence-corrected chi connectivity index (χ3v) is 14.7. The lowest BCUT2D eigenvalue weighted by atomic mass is 9.34. The number of aliphatic hydroxyl groups is 1. The van der Waals surface area contributed by atoms with E-state index in [1.54, 1.807) is 0 Å². The van der Waals surface area contributed by atoms with Crippen LogP contribution in [0.2, 0.25) is 0 Å². The van der Waals surface area contributed by atoms with Crippen molar-refractivity contribution in [1.29, 1.82) is 5.26 Å². The molecule has 0 aromatic rings. The van der Waals surface area contributed by atoms with Crippen molar-refractivity contribution in [1.82, 2.24) is 5.32 Å². The second-order valence-electron chi connectivity index (χ2n) is 17.8. The molecule has 6 aliphatic rings. The Bertz CT molecular complexity index is 1320. The maximum Gasteiger partial charge on any atom is 0.306 e. The molecule has 6 nitrogen and oxygen atoms in total. The van der Waals surface area contributed by atoms with Gasteiger partial charge in [-0.15, -0.1) is 0 Å². The molecule has 0 aromatic heterocycles. The number of nitrogens with zero attached hydrogens (tertiary/aromatic N) is 1. The maximum absolute atomic E-state index is 14.7. The summed E-state index contributed by atoms with van der Waals surface area (Å²) in [6.07, 6.45) is 13.5. The van der Waals surface area contributed by atoms with E-state index in [0.29, 0.717) is 12.0 Å². The van der Waals surface area contributed by atoms with E-state index >= 15 is 0 Å². The molecule has 0 spiro atoms. The number of carbonyl (C=O) groups is 2. The number of nitrogens with one attached hydrogen (secondary N) is 1. The number of rotatable bonds is 4. The molecule has 1 saturated heterocycles. The molecule has 242 valence electrons. The number of hydrogen-bond acceptors (Lipinski definition) is 6. The van der Waals surface area contributed by atoms with Crippen molar-refractivity contribution in [3.05, 3.63) is 23.3 Å². The van der Waals surface area contributed by atoms with Crippen molar-refractivity contribution in [2.75, 3.05) is 13.1 Å². The monoisotopic (exact) mass is 604 g/mol. The number of nitriles is 1. The Morgan fingerprint density at radius 1 is 1.02 bits per heavy atom. The zero-order valence-corrected chi connectivity index (χ0v) is 28.4. The van der Waals surface area contributed by atoms with Gasteiger partial charge < -0.3 is 15.2 Å². The molecule has 2 N–H and O–H groups in total. The summed E-state index contributed by atoms with van der Waals surface area (Å²) in [5.74, 6) is 0.491. The van der Waals surface area contributed by atoms with Gasteiger partial charge in [0, 0.05) is 17.8 Å². The number of fused-ring (bicyclic) bond motifs is 7. The molecule has 0 amide bonds. The van der Waals surface area contributed by atoms with Crippen molar-refractivity contribution >= 4 is 11.8 Å². The topological polar surface area (TPSA) is 99.4 Å². The van der Waals surface area contributed by atoms with Crippen LogP contribution in [0.4, 0.5) is 0 Å². The van der Waals surface area contributed by atoms with Gasteiger partial charge in [0.1, 0.15) is 6.10 Å². The molecular formula is C38H56N2O4. The van der Waals surface area contributed by atoms with E-state index in [-0.39, 0.29) is 57.3 Å². The van der Waals surface area contributed by atoms with Crippen LogP contribution in [0.1, 0.15) is 119 Å². The first-order valence-electron chi connectivity index (χ1n) is 17.5. The van der Waals surface area contributed by atoms with Crippen LogP contribution >= 0.6 is 0 Å². The maximum atomic E-state index is 14.7. The van der Waals surface area contributed by atoms with Gasteiger partial charge in [0.15, 0.2) is 5.78 Å². The second kappa shape index (κ2) is 10.5. The summed E-state index contributed by atoms with van der Waals surface area (Å²) in [6.45, 7) is 17.8. The van der Waals surface area contributed by atoms with E-state index in [9.17, 15) is 20.0 Å². The number of esters is 1.